The van der Waals surface area contributed by atoms with Crippen LogP contribution in [0.2, 0.25) is 0 Å². The number of rotatable bonds is 3. The lowest BCUT2D eigenvalue weighted by Gasteiger charge is -2.32. The zero-order chi connectivity index (χ0) is 16.1. The van der Waals surface area contributed by atoms with Gasteiger partial charge in [0.1, 0.15) is 11.6 Å². The molecule has 0 saturated carbocycles. The number of nitrogens with zero attached hydrogens (tertiary/aromatic N) is 3. The lowest BCUT2D eigenvalue weighted by atomic mass is 10.1. The molecule has 1 saturated heterocycles. The van der Waals surface area contributed by atoms with Crippen molar-refractivity contribution in [2.24, 2.45) is 0 Å². The van der Waals surface area contributed by atoms with Crippen molar-refractivity contribution < 1.29 is 13.9 Å². The van der Waals surface area contributed by atoms with Gasteiger partial charge in [-0.2, -0.15) is 5.26 Å². The molecule has 0 radical (unpaired) electrons. The minimum absolute atomic E-state index is 0.00844. The van der Waals surface area contributed by atoms with Crippen molar-refractivity contribution in [1.29, 1.82) is 5.26 Å². The lowest BCUT2D eigenvalue weighted by Crippen LogP contribution is -2.47. The van der Waals surface area contributed by atoms with E-state index in [-0.39, 0.29) is 17.2 Å². The molecule has 1 aliphatic rings. The summed E-state index contributed by atoms with van der Waals surface area (Å²) in [6.45, 7) is 2.74. The van der Waals surface area contributed by atoms with Crippen molar-refractivity contribution in [1.82, 2.24) is 9.80 Å². The summed E-state index contributed by atoms with van der Waals surface area (Å²) in [6.07, 6.45) is 1.41. The zero-order valence-electron chi connectivity index (χ0n) is 12.7. The molecule has 22 heavy (non-hydrogen) atoms. The van der Waals surface area contributed by atoms with Crippen LogP contribution in [0.3, 0.4) is 0 Å². The number of ether oxygens (including phenoxy) is 1. The normalized spacial score (nSPS) is 16.3. The first-order valence-electron chi connectivity index (χ1n) is 6.98. The predicted octanol–water partition coefficient (Wildman–Crippen LogP) is 1.52. The molecule has 0 N–H and O–H groups in total. The summed E-state index contributed by atoms with van der Waals surface area (Å²) in [5.41, 5.74) is 0.464. The van der Waals surface area contributed by atoms with Gasteiger partial charge < -0.3 is 14.5 Å². The minimum Gasteiger partial charge on any atom is -0.494 e. The third-order valence-corrected chi connectivity index (χ3v) is 3.63. The van der Waals surface area contributed by atoms with E-state index >= 15 is 0 Å². The number of methoxy groups -OCH3 is 1. The van der Waals surface area contributed by atoms with E-state index in [1.807, 2.05) is 13.1 Å². The average Bonchev–Trinajstić information content (AvgIpc) is 2.53. The summed E-state index contributed by atoms with van der Waals surface area (Å²) in [5, 5.41) is 9.22. The average molecular weight is 303 g/mol. The molecule has 0 atom stereocenters. The highest BCUT2D eigenvalue weighted by atomic mass is 19.1. The molecule has 5 nitrogen and oxygen atoms in total. The molecule has 0 bridgehead atoms. The standard InChI is InChI=1S/C16H18FN3O2/c1-19-5-7-20(8-6-19)16(21)13(11-18)9-12-3-4-15(22-2)14(17)10-12/h3-4,9-10H,5-8H2,1-2H3/b13-9+. The van der Waals surface area contributed by atoms with E-state index in [0.717, 1.165) is 13.1 Å². The maximum absolute atomic E-state index is 13.7. The molecule has 1 amide bonds. The Bertz CT molecular complexity index is 629. The van der Waals surface area contributed by atoms with Crippen molar-refractivity contribution in [3.8, 4) is 11.8 Å². The molecular weight excluding hydrogens is 285 g/mol. The number of carbonyl (C=O) groups is 1. The first-order valence-corrected chi connectivity index (χ1v) is 6.98. The predicted molar refractivity (Wildman–Crippen MR) is 80.6 cm³/mol. The SMILES string of the molecule is COc1ccc(/C=C(\C#N)C(=O)N2CCN(C)CC2)cc1F. The molecule has 6 heteroatoms. The van der Waals surface area contributed by atoms with Crippen LogP contribution in [0.4, 0.5) is 4.39 Å². The van der Waals surface area contributed by atoms with E-state index in [1.54, 1.807) is 11.0 Å². The highest BCUT2D eigenvalue weighted by Gasteiger charge is 2.22. The second-order valence-corrected chi connectivity index (χ2v) is 5.16. The molecule has 1 fully saturated rings. The molecule has 1 aromatic carbocycles. The van der Waals surface area contributed by atoms with Gasteiger partial charge in [0, 0.05) is 26.2 Å². The fourth-order valence-corrected chi connectivity index (χ4v) is 2.26. The summed E-state index contributed by atoms with van der Waals surface area (Å²) >= 11 is 0. The number of carbonyl (C=O) groups excluding carboxylic acids is 1. The van der Waals surface area contributed by atoms with Crippen LogP contribution in [-0.4, -0.2) is 56.0 Å². The van der Waals surface area contributed by atoms with E-state index in [9.17, 15) is 14.4 Å². The van der Waals surface area contributed by atoms with Gasteiger partial charge >= 0.3 is 0 Å². The van der Waals surface area contributed by atoms with Gasteiger partial charge in [0.25, 0.3) is 5.91 Å². The van der Waals surface area contributed by atoms with Crippen LogP contribution in [-0.2, 0) is 4.79 Å². The first-order chi connectivity index (χ1) is 10.5. The fourth-order valence-electron chi connectivity index (χ4n) is 2.26. The Balaban J connectivity index is 2.18. The zero-order valence-corrected chi connectivity index (χ0v) is 12.7. The monoisotopic (exact) mass is 303 g/mol. The third kappa shape index (κ3) is 3.62. The summed E-state index contributed by atoms with van der Waals surface area (Å²) in [4.78, 5) is 16.1. The van der Waals surface area contributed by atoms with Crippen LogP contribution in [0.5, 0.6) is 5.75 Å². The number of hydrogen-bond donors (Lipinski definition) is 0. The number of likely N-dealkylation sites (N-methyl/N-ethyl adjacent to an activating group) is 1. The van der Waals surface area contributed by atoms with Gasteiger partial charge in [-0.25, -0.2) is 4.39 Å². The third-order valence-electron chi connectivity index (χ3n) is 3.63. The summed E-state index contributed by atoms with van der Waals surface area (Å²) in [6, 6.07) is 6.23. The van der Waals surface area contributed by atoms with Gasteiger partial charge in [-0.1, -0.05) is 6.07 Å². The molecule has 116 valence electrons. The van der Waals surface area contributed by atoms with E-state index in [4.69, 9.17) is 4.74 Å². The summed E-state index contributed by atoms with van der Waals surface area (Å²) in [7, 11) is 3.37. The number of amides is 1. The van der Waals surface area contributed by atoms with E-state index < -0.39 is 5.82 Å². The van der Waals surface area contributed by atoms with Crippen LogP contribution < -0.4 is 4.74 Å². The Morgan fingerprint density at radius 1 is 1.36 bits per heavy atom. The molecule has 0 unspecified atom stereocenters. The van der Waals surface area contributed by atoms with Gasteiger partial charge in [-0.15, -0.1) is 0 Å². The van der Waals surface area contributed by atoms with Gasteiger partial charge in [0.2, 0.25) is 0 Å². The van der Waals surface area contributed by atoms with Gasteiger partial charge in [-0.05, 0) is 30.8 Å². The van der Waals surface area contributed by atoms with Crippen molar-refractivity contribution in [3.63, 3.8) is 0 Å². The highest BCUT2D eigenvalue weighted by Crippen LogP contribution is 2.19. The first kappa shape index (κ1) is 16.0. The molecule has 1 heterocycles. The van der Waals surface area contributed by atoms with Crippen molar-refractivity contribution in [2.45, 2.75) is 0 Å². The second kappa shape index (κ2) is 7.05. The van der Waals surface area contributed by atoms with E-state index in [0.29, 0.717) is 18.7 Å². The number of benzene rings is 1. The largest absolute Gasteiger partial charge is 0.494 e. The molecule has 0 aromatic heterocycles. The second-order valence-electron chi connectivity index (χ2n) is 5.16. The van der Waals surface area contributed by atoms with Crippen molar-refractivity contribution in [3.05, 3.63) is 35.2 Å². The highest BCUT2D eigenvalue weighted by molar-refractivity contribution is 6.01. The van der Waals surface area contributed by atoms with Crippen LogP contribution in [0.1, 0.15) is 5.56 Å². The number of hydrogen-bond acceptors (Lipinski definition) is 4. The topological polar surface area (TPSA) is 56.6 Å². The molecular formula is C16H18FN3O2. The smallest absolute Gasteiger partial charge is 0.264 e. The molecule has 1 aliphatic heterocycles. The van der Waals surface area contributed by atoms with Crippen LogP contribution in [0, 0.1) is 17.1 Å². The quantitative estimate of drug-likeness (QED) is 0.627. The Morgan fingerprint density at radius 2 is 2.05 bits per heavy atom. The molecule has 1 aromatic rings. The Morgan fingerprint density at radius 3 is 2.59 bits per heavy atom. The van der Waals surface area contributed by atoms with Crippen molar-refractivity contribution in [2.75, 3.05) is 40.3 Å². The Kier molecular flexibility index (Phi) is 5.12. The number of piperazine rings is 1. The minimum atomic E-state index is -0.527. The molecule has 2 rings (SSSR count). The fraction of sp³-hybridized carbons (Fsp3) is 0.375. The van der Waals surface area contributed by atoms with E-state index in [1.165, 1.54) is 25.3 Å². The maximum atomic E-state index is 13.7. The van der Waals surface area contributed by atoms with Crippen LogP contribution in [0.25, 0.3) is 6.08 Å². The molecule has 0 spiro atoms. The summed E-state index contributed by atoms with van der Waals surface area (Å²) < 4.78 is 18.5. The van der Waals surface area contributed by atoms with Gasteiger partial charge in [0.05, 0.1) is 7.11 Å². The van der Waals surface area contributed by atoms with E-state index in [2.05, 4.69) is 4.90 Å². The lowest BCUT2D eigenvalue weighted by molar-refractivity contribution is -0.128. The number of nitriles is 1. The van der Waals surface area contributed by atoms with Gasteiger partial charge in [-0.3, -0.25) is 4.79 Å². The number of halogens is 1. The van der Waals surface area contributed by atoms with Crippen molar-refractivity contribution >= 4 is 12.0 Å². The van der Waals surface area contributed by atoms with Crippen LogP contribution in [0.15, 0.2) is 23.8 Å². The Labute approximate surface area is 129 Å². The molecule has 0 aliphatic carbocycles. The van der Waals surface area contributed by atoms with Crippen LogP contribution >= 0.6 is 0 Å². The maximum Gasteiger partial charge on any atom is 0.264 e. The van der Waals surface area contributed by atoms with Gasteiger partial charge in [0.15, 0.2) is 11.6 Å². The Hall–Kier alpha value is -2.39. The summed E-state index contributed by atoms with van der Waals surface area (Å²) in [5.74, 6) is -0.714.